The maximum atomic E-state index is 12.3. The molecule has 4 aliphatic carbocycles. The van der Waals surface area contributed by atoms with Crippen LogP contribution in [0.3, 0.4) is 0 Å². The molecule has 4 aliphatic rings. The van der Waals surface area contributed by atoms with E-state index in [0.717, 1.165) is 11.8 Å². The summed E-state index contributed by atoms with van der Waals surface area (Å²) < 4.78 is 1.86. The molecule has 18 heavy (non-hydrogen) atoms. The second kappa shape index (κ2) is 3.43. The summed E-state index contributed by atoms with van der Waals surface area (Å²) in [5.74, 6) is 3.84. The van der Waals surface area contributed by atoms with Gasteiger partial charge in [-0.25, -0.2) is 4.68 Å². The third-order valence-electron chi connectivity index (χ3n) is 5.66. The Labute approximate surface area is 107 Å². The fourth-order valence-electron chi connectivity index (χ4n) is 5.09. The minimum Gasteiger partial charge on any atom is -0.384 e. The molecule has 1 heterocycles. The van der Waals surface area contributed by atoms with E-state index >= 15 is 0 Å². The van der Waals surface area contributed by atoms with E-state index in [0.29, 0.717) is 29.3 Å². The molecule has 1 aromatic heterocycles. The Morgan fingerprint density at radius 2 is 1.67 bits per heavy atom. The number of anilines is 1. The van der Waals surface area contributed by atoms with Gasteiger partial charge in [0.15, 0.2) is 0 Å². The van der Waals surface area contributed by atoms with Gasteiger partial charge < -0.3 is 5.73 Å². The molecule has 4 fully saturated rings. The summed E-state index contributed by atoms with van der Waals surface area (Å²) in [5, 5.41) is 3.12. The van der Waals surface area contributed by atoms with Gasteiger partial charge >= 0.3 is 0 Å². The molecule has 4 nitrogen and oxygen atoms in total. The first-order valence-electron chi connectivity index (χ1n) is 7.20. The Bertz CT molecular complexity index is 514. The fourth-order valence-corrected chi connectivity index (χ4v) is 5.09. The summed E-state index contributed by atoms with van der Waals surface area (Å²) in [6, 6.07) is 0.390. The molecule has 0 aromatic carbocycles. The zero-order chi connectivity index (χ0) is 12.4. The highest BCUT2D eigenvalue weighted by Crippen LogP contribution is 2.57. The van der Waals surface area contributed by atoms with Crippen molar-refractivity contribution in [3.63, 3.8) is 0 Å². The van der Waals surface area contributed by atoms with Crippen molar-refractivity contribution < 1.29 is 0 Å². The second-order valence-corrected chi connectivity index (χ2v) is 6.75. The Morgan fingerprint density at radius 1 is 1.11 bits per heavy atom. The molecule has 4 heteroatoms. The molecule has 0 saturated heterocycles. The van der Waals surface area contributed by atoms with Crippen LogP contribution in [0.1, 0.15) is 43.7 Å². The number of H-pyrrole nitrogens is 1. The van der Waals surface area contributed by atoms with Crippen LogP contribution in [0.25, 0.3) is 0 Å². The van der Waals surface area contributed by atoms with Crippen LogP contribution >= 0.6 is 0 Å². The summed E-state index contributed by atoms with van der Waals surface area (Å²) in [6.45, 7) is 1.82. The summed E-state index contributed by atoms with van der Waals surface area (Å²) in [7, 11) is 0. The molecule has 0 spiro atoms. The quantitative estimate of drug-likeness (QED) is 0.798. The van der Waals surface area contributed by atoms with Crippen molar-refractivity contribution in [3.05, 3.63) is 15.9 Å². The number of aromatic nitrogens is 2. The van der Waals surface area contributed by atoms with Gasteiger partial charge in [0, 0.05) is 0 Å². The van der Waals surface area contributed by atoms with Gasteiger partial charge in [-0.2, -0.15) is 0 Å². The van der Waals surface area contributed by atoms with Gasteiger partial charge in [-0.15, -0.1) is 0 Å². The van der Waals surface area contributed by atoms with Crippen LogP contribution in [0.2, 0.25) is 0 Å². The molecule has 0 aliphatic heterocycles. The summed E-state index contributed by atoms with van der Waals surface area (Å²) >= 11 is 0. The topological polar surface area (TPSA) is 63.8 Å². The maximum Gasteiger partial charge on any atom is 0.271 e. The average molecular weight is 247 g/mol. The molecule has 3 N–H and O–H groups in total. The van der Waals surface area contributed by atoms with E-state index in [1.807, 2.05) is 11.6 Å². The van der Waals surface area contributed by atoms with Gasteiger partial charge in [0.05, 0.1) is 11.6 Å². The average Bonchev–Trinajstić information content (AvgIpc) is 2.56. The van der Waals surface area contributed by atoms with E-state index in [4.69, 9.17) is 5.73 Å². The molecule has 0 atom stereocenters. The number of nitrogens with one attached hydrogen (secondary N) is 1. The van der Waals surface area contributed by atoms with E-state index < -0.39 is 0 Å². The molecule has 0 amide bonds. The van der Waals surface area contributed by atoms with Gasteiger partial charge in [0.1, 0.15) is 5.82 Å². The Hall–Kier alpha value is -1.19. The first-order chi connectivity index (χ1) is 8.63. The van der Waals surface area contributed by atoms with Crippen LogP contribution < -0.4 is 11.3 Å². The summed E-state index contributed by atoms with van der Waals surface area (Å²) in [4.78, 5) is 12.3. The van der Waals surface area contributed by atoms with Crippen molar-refractivity contribution in [2.24, 2.45) is 23.7 Å². The Kier molecular flexibility index (Phi) is 2.04. The highest BCUT2D eigenvalue weighted by molar-refractivity contribution is 5.36. The normalized spacial score (nSPS) is 41.5. The molecule has 5 rings (SSSR count). The van der Waals surface area contributed by atoms with Crippen LogP contribution in [-0.2, 0) is 0 Å². The van der Waals surface area contributed by atoms with E-state index in [1.54, 1.807) is 0 Å². The highest BCUT2D eigenvalue weighted by Gasteiger charge is 2.49. The zero-order valence-corrected chi connectivity index (χ0v) is 10.9. The van der Waals surface area contributed by atoms with Gasteiger partial charge in [-0.3, -0.25) is 9.89 Å². The van der Waals surface area contributed by atoms with E-state index in [-0.39, 0.29) is 5.56 Å². The Morgan fingerprint density at radius 3 is 2.11 bits per heavy atom. The molecule has 4 bridgehead atoms. The lowest BCUT2D eigenvalue weighted by molar-refractivity contribution is -0.0347. The van der Waals surface area contributed by atoms with Gasteiger partial charge in [0.2, 0.25) is 0 Å². The zero-order valence-electron chi connectivity index (χ0n) is 10.9. The number of nitrogen functional groups attached to an aromatic ring is 1. The first kappa shape index (κ1) is 10.7. The first-order valence-corrected chi connectivity index (χ1v) is 7.20. The highest BCUT2D eigenvalue weighted by atomic mass is 16.1. The largest absolute Gasteiger partial charge is 0.384 e. The maximum absolute atomic E-state index is 12.3. The monoisotopic (exact) mass is 247 g/mol. The van der Waals surface area contributed by atoms with Crippen molar-refractivity contribution in [1.82, 2.24) is 9.78 Å². The van der Waals surface area contributed by atoms with E-state index in [1.165, 1.54) is 32.1 Å². The summed E-state index contributed by atoms with van der Waals surface area (Å²) in [5.41, 5.74) is 6.64. The fraction of sp³-hybridized carbons (Fsp3) is 0.786. The van der Waals surface area contributed by atoms with Crippen LogP contribution in [0, 0.1) is 30.6 Å². The number of hydrogen-bond donors (Lipinski definition) is 2. The van der Waals surface area contributed by atoms with Crippen molar-refractivity contribution >= 4 is 5.82 Å². The van der Waals surface area contributed by atoms with Crippen molar-refractivity contribution in [2.45, 2.75) is 45.1 Å². The third-order valence-corrected chi connectivity index (χ3v) is 5.66. The molecule has 0 radical (unpaired) electrons. The smallest absolute Gasteiger partial charge is 0.271 e. The van der Waals surface area contributed by atoms with Gasteiger partial charge in [-0.05, 0) is 62.7 Å². The number of aromatic amines is 1. The van der Waals surface area contributed by atoms with Crippen LogP contribution in [-0.4, -0.2) is 9.78 Å². The molecule has 98 valence electrons. The second-order valence-electron chi connectivity index (χ2n) is 6.75. The lowest BCUT2D eigenvalue weighted by Crippen LogP contribution is -2.48. The standard InChI is InChI=1S/C14H21N3O/c1-7-13(15)16-17(14(7)18)12-10-3-8-2-9(5-10)6-11(12)4-8/h8-12,16H,2-6,15H2,1H3. The number of hydrogen-bond acceptors (Lipinski definition) is 2. The number of nitrogens with zero attached hydrogens (tertiary/aromatic N) is 1. The minimum absolute atomic E-state index is 0.102. The summed E-state index contributed by atoms with van der Waals surface area (Å²) in [6.07, 6.45) is 6.73. The molecular weight excluding hydrogens is 226 g/mol. The predicted octanol–water partition coefficient (Wildman–Crippen LogP) is 2.06. The predicted molar refractivity (Wildman–Crippen MR) is 70.3 cm³/mol. The molecular formula is C14H21N3O. The van der Waals surface area contributed by atoms with Crippen molar-refractivity contribution in [2.75, 3.05) is 5.73 Å². The van der Waals surface area contributed by atoms with Gasteiger partial charge in [0.25, 0.3) is 5.56 Å². The molecule has 1 aromatic rings. The van der Waals surface area contributed by atoms with Gasteiger partial charge in [-0.1, -0.05) is 0 Å². The minimum atomic E-state index is 0.102. The van der Waals surface area contributed by atoms with Crippen molar-refractivity contribution in [1.29, 1.82) is 0 Å². The van der Waals surface area contributed by atoms with Crippen LogP contribution in [0.5, 0.6) is 0 Å². The van der Waals surface area contributed by atoms with Crippen LogP contribution in [0.4, 0.5) is 5.82 Å². The molecule has 4 saturated carbocycles. The number of rotatable bonds is 1. The van der Waals surface area contributed by atoms with Crippen LogP contribution in [0.15, 0.2) is 4.79 Å². The molecule has 0 unspecified atom stereocenters. The lowest BCUT2D eigenvalue weighted by Gasteiger charge is -2.54. The van der Waals surface area contributed by atoms with E-state index in [2.05, 4.69) is 5.10 Å². The van der Waals surface area contributed by atoms with Crippen molar-refractivity contribution in [3.8, 4) is 0 Å². The number of nitrogens with two attached hydrogens (primary N) is 1. The van der Waals surface area contributed by atoms with E-state index in [9.17, 15) is 4.79 Å². The Balaban J connectivity index is 1.77. The lowest BCUT2D eigenvalue weighted by atomic mass is 9.54. The third kappa shape index (κ3) is 1.29. The SMILES string of the molecule is Cc1c(N)[nH]n(C2C3CC4CC(C3)CC2C4)c1=O.